The Morgan fingerprint density at radius 2 is 0.609 bits per heavy atom. The number of fused-ring (bicyclic) bond motifs is 3. The minimum atomic E-state index is -0.569. The SMILES string of the molecule is COCCN1C(=O)C(=O)c2cc(-c3ccc(N(c4ccc(-c5ccc6c(c5)C(=O)C(=O)N6CCOC)cc4)c4ccc(-c5ccc6c(c5)C(=O)C(=O)N6CCOC)cc4)cc3)ccc21. The highest BCUT2D eigenvalue weighted by molar-refractivity contribution is 6.53. The third-order valence-corrected chi connectivity index (χ3v) is 11.8. The molecule has 6 aromatic rings. The lowest BCUT2D eigenvalue weighted by Crippen LogP contribution is -2.32. The minimum absolute atomic E-state index is 0.282. The van der Waals surface area contributed by atoms with Crippen molar-refractivity contribution in [1.29, 1.82) is 0 Å². The number of hydrogen-bond acceptors (Lipinski definition) is 10. The molecular weight excluding hydrogens is 813 g/mol. The number of hydrogen-bond donors (Lipinski definition) is 0. The molecule has 0 radical (unpaired) electrons. The van der Waals surface area contributed by atoms with Crippen molar-refractivity contribution in [3.8, 4) is 33.4 Å². The number of ether oxygens (including phenoxy) is 3. The average Bonchev–Trinajstić information content (AvgIpc) is 3.83. The second-order valence-corrected chi connectivity index (χ2v) is 15.5. The highest BCUT2D eigenvalue weighted by Gasteiger charge is 2.38. The van der Waals surface area contributed by atoms with E-state index in [4.69, 9.17) is 14.2 Å². The van der Waals surface area contributed by atoms with Crippen molar-refractivity contribution in [3.63, 3.8) is 0 Å². The molecule has 0 saturated heterocycles. The molecule has 0 unspecified atom stereocenters. The van der Waals surface area contributed by atoms with Crippen molar-refractivity contribution in [1.82, 2.24) is 0 Å². The zero-order valence-corrected chi connectivity index (χ0v) is 35.3. The van der Waals surface area contributed by atoms with Gasteiger partial charge in [-0.1, -0.05) is 54.6 Å². The van der Waals surface area contributed by atoms with Gasteiger partial charge >= 0.3 is 0 Å². The van der Waals surface area contributed by atoms with E-state index < -0.39 is 35.1 Å². The van der Waals surface area contributed by atoms with Gasteiger partial charge in [-0.05, 0) is 106 Å². The quantitative estimate of drug-likeness (QED) is 0.0944. The zero-order valence-electron chi connectivity index (χ0n) is 35.3. The summed E-state index contributed by atoms with van der Waals surface area (Å²) in [6.07, 6.45) is 0. The number of amides is 3. The fraction of sp³-hybridized carbons (Fsp3) is 0.176. The molecule has 13 heteroatoms. The molecule has 9 rings (SSSR count). The molecule has 0 aromatic heterocycles. The molecule has 320 valence electrons. The second-order valence-electron chi connectivity index (χ2n) is 15.5. The van der Waals surface area contributed by atoms with Crippen LogP contribution in [0.4, 0.5) is 34.1 Å². The lowest BCUT2D eigenvalue weighted by Gasteiger charge is -2.26. The molecule has 0 spiro atoms. The fourth-order valence-corrected chi connectivity index (χ4v) is 8.51. The summed E-state index contributed by atoms with van der Waals surface area (Å²) in [5.74, 6) is -3.34. The molecule has 13 nitrogen and oxygen atoms in total. The van der Waals surface area contributed by atoms with Crippen molar-refractivity contribution in [3.05, 3.63) is 144 Å². The number of benzene rings is 6. The maximum Gasteiger partial charge on any atom is 0.299 e. The van der Waals surface area contributed by atoms with E-state index in [1.807, 2.05) is 91.0 Å². The standard InChI is InChI=1S/C51H42N4O9/c1-62-25-22-52-43-19-10-34(28-40(43)46(56)49(52)59)31-4-13-37(14-5-31)55(38-15-6-32(7-16-38)35-11-20-44-41(29-35)47(57)50(60)53(44)23-26-63-2)39-17-8-33(9-18-39)36-12-21-45-42(30-36)48(58)51(61)54(45)24-27-64-3/h4-21,28-30H,22-27H2,1-3H3. The van der Waals surface area contributed by atoms with Crippen LogP contribution < -0.4 is 19.6 Å². The van der Waals surface area contributed by atoms with Crippen molar-refractivity contribution in [2.24, 2.45) is 0 Å². The van der Waals surface area contributed by atoms with Gasteiger partial charge in [-0.25, -0.2) is 0 Å². The van der Waals surface area contributed by atoms with Gasteiger partial charge in [-0.2, -0.15) is 0 Å². The van der Waals surface area contributed by atoms with E-state index in [-0.39, 0.29) is 19.6 Å². The van der Waals surface area contributed by atoms with E-state index in [1.54, 1.807) is 57.7 Å². The lowest BCUT2D eigenvalue weighted by atomic mass is 9.99. The summed E-state index contributed by atoms with van der Waals surface area (Å²) in [6, 6.07) is 40.1. The first kappa shape index (κ1) is 41.8. The Bertz CT molecular complexity index is 2560. The van der Waals surface area contributed by atoms with E-state index in [1.165, 1.54) is 14.7 Å². The Kier molecular flexibility index (Phi) is 11.3. The number of carbonyl (C=O) groups is 6. The van der Waals surface area contributed by atoms with Crippen molar-refractivity contribution in [2.45, 2.75) is 0 Å². The summed E-state index contributed by atoms with van der Waals surface area (Å²) in [7, 11) is 4.64. The van der Waals surface area contributed by atoms with E-state index in [0.29, 0.717) is 53.6 Å². The van der Waals surface area contributed by atoms with Crippen LogP contribution in [0.2, 0.25) is 0 Å². The van der Waals surface area contributed by atoms with Crippen molar-refractivity contribution in [2.75, 3.05) is 80.4 Å². The molecule has 6 aromatic carbocycles. The average molecular weight is 855 g/mol. The monoisotopic (exact) mass is 854 g/mol. The van der Waals surface area contributed by atoms with Crippen LogP contribution in [0.3, 0.4) is 0 Å². The van der Waals surface area contributed by atoms with Gasteiger partial charge in [0.25, 0.3) is 35.1 Å². The van der Waals surface area contributed by atoms with Gasteiger partial charge in [0, 0.05) is 58.0 Å². The summed E-state index contributed by atoms with van der Waals surface area (Å²) in [6.45, 7) is 1.77. The number of anilines is 6. The third-order valence-electron chi connectivity index (χ3n) is 11.8. The first-order valence-corrected chi connectivity index (χ1v) is 20.7. The Balaban J connectivity index is 1.04. The number of nitrogens with zero attached hydrogens (tertiary/aromatic N) is 4. The molecule has 3 aliphatic rings. The van der Waals surface area contributed by atoms with Crippen molar-refractivity contribution < 1.29 is 43.0 Å². The van der Waals surface area contributed by atoms with Crippen LogP contribution in [0, 0.1) is 0 Å². The van der Waals surface area contributed by atoms with Crippen LogP contribution >= 0.6 is 0 Å². The topological polar surface area (TPSA) is 143 Å². The Hall–Kier alpha value is -7.58. The molecule has 0 aliphatic carbocycles. The molecule has 3 heterocycles. The molecule has 0 saturated carbocycles. The number of methoxy groups -OCH3 is 3. The molecule has 0 fully saturated rings. The first-order chi connectivity index (χ1) is 31.1. The Morgan fingerprint density at radius 1 is 0.359 bits per heavy atom. The molecule has 0 N–H and O–H groups in total. The summed E-state index contributed by atoms with van der Waals surface area (Å²) in [5, 5.41) is 0. The largest absolute Gasteiger partial charge is 0.383 e. The summed E-state index contributed by atoms with van der Waals surface area (Å²) in [4.78, 5) is 83.8. The number of rotatable bonds is 15. The lowest BCUT2D eigenvalue weighted by molar-refractivity contribution is -0.115. The normalized spacial score (nSPS) is 14.2. The highest BCUT2D eigenvalue weighted by atomic mass is 16.5. The molecular formula is C51H42N4O9. The highest BCUT2D eigenvalue weighted by Crippen LogP contribution is 2.41. The summed E-state index contributed by atoms with van der Waals surface area (Å²) < 4.78 is 15.4. The minimum Gasteiger partial charge on any atom is -0.383 e. The van der Waals surface area contributed by atoms with Crippen LogP contribution in [0.15, 0.2) is 127 Å². The molecule has 64 heavy (non-hydrogen) atoms. The number of ketones is 3. The Labute approximate surface area is 369 Å². The molecule has 3 aliphatic heterocycles. The van der Waals surface area contributed by atoms with Crippen LogP contribution in [-0.4, -0.2) is 95.9 Å². The smallest absolute Gasteiger partial charge is 0.299 e. The van der Waals surface area contributed by atoms with Gasteiger partial charge in [0.1, 0.15) is 0 Å². The van der Waals surface area contributed by atoms with E-state index in [9.17, 15) is 28.8 Å². The van der Waals surface area contributed by atoms with Gasteiger partial charge in [0.15, 0.2) is 0 Å². The van der Waals surface area contributed by atoms with Crippen LogP contribution in [0.5, 0.6) is 0 Å². The summed E-state index contributed by atoms with van der Waals surface area (Å²) >= 11 is 0. The number of Topliss-reactive ketones (excluding diaryl/α,β-unsaturated/α-hetero) is 3. The van der Waals surface area contributed by atoms with Gasteiger partial charge in [0.2, 0.25) is 0 Å². The predicted molar refractivity (Wildman–Crippen MR) is 243 cm³/mol. The van der Waals surface area contributed by atoms with Gasteiger partial charge in [-0.15, -0.1) is 0 Å². The predicted octanol–water partition coefficient (Wildman–Crippen LogP) is 7.68. The first-order valence-electron chi connectivity index (χ1n) is 20.7. The van der Waals surface area contributed by atoms with Crippen molar-refractivity contribution >= 4 is 69.2 Å². The van der Waals surface area contributed by atoms with Gasteiger partial charge < -0.3 is 33.8 Å². The second kappa shape index (κ2) is 17.3. The van der Waals surface area contributed by atoms with E-state index >= 15 is 0 Å². The molecule has 0 atom stereocenters. The molecule has 3 amide bonds. The fourth-order valence-electron chi connectivity index (χ4n) is 8.51. The molecule has 0 bridgehead atoms. The van der Waals surface area contributed by atoms with Crippen LogP contribution in [-0.2, 0) is 28.6 Å². The van der Waals surface area contributed by atoms with Crippen LogP contribution in [0.1, 0.15) is 31.1 Å². The van der Waals surface area contributed by atoms with E-state index in [2.05, 4.69) is 4.90 Å². The van der Waals surface area contributed by atoms with E-state index in [0.717, 1.165) is 50.4 Å². The van der Waals surface area contributed by atoms with Gasteiger partial charge in [-0.3, -0.25) is 28.8 Å². The number of carbonyl (C=O) groups excluding carboxylic acids is 6. The third kappa shape index (κ3) is 7.34. The maximum absolute atomic E-state index is 13.0. The maximum atomic E-state index is 13.0. The summed E-state index contributed by atoms with van der Waals surface area (Å²) in [5.41, 5.74) is 10.2. The van der Waals surface area contributed by atoms with Gasteiger partial charge in [0.05, 0.1) is 53.6 Å². The van der Waals surface area contributed by atoms with Crippen LogP contribution in [0.25, 0.3) is 33.4 Å². The Morgan fingerprint density at radius 3 is 0.859 bits per heavy atom. The zero-order chi connectivity index (χ0) is 44.6.